The van der Waals surface area contributed by atoms with Gasteiger partial charge in [-0.3, -0.25) is 4.68 Å². The van der Waals surface area contributed by atoms with Crippen molar-refractivity contribution in [3.8, 4) is 0 Å². The van der Waals surface area contributed by atoms with E-state index in [1.54, 1.807) is 0 Å². The van der Waals surface area contributed by atoms with Crippen molar-refractivity contribution in [2.24, 2.45) is 7.05 Å². The summed E-state index contributed by atoms with van der Waals surface area (Å²) in [4.78, 5) is 2.38. The van der Waals surface area contributed by atoms with E-state index in [1.165, 1.54) is 12.1 Å². The molecule has 1 aromatic heterocycles. The Labute approximate surface area is 78.5 Å². The van der Waals surface area contributed by atoms with Gasteiger partial charge in [-0.15, -0.1) is 0 Å². The fraction of sp³-hybridized carbons (Fsp3) is 0.667. The van der Waals surface area contributed by atoms with Crippen LogP contribution in [0.4, 0.5) is 5.69 Å². The Hall–Kier alpha value is -1.03. The van der Waals surface area contributed by atoms with Crippen LogP contribution in [-0.4, -0.2) is 36.0 Å². The van der Waals surface area contributed by atoms with Crippen LogP contribution in [0.5, 0.6) is 0 Å². The molecule has 2 heterocycles. The van der Waals surface area contributed by atoms with Crippen molar-refractivity contribution >= 4 is 5.69 Å². The number of nitrogens with zero attached hydrogens (tertiary/aromatic N) is 3. The van der Waals surface area contributed by atoms with E-state index in [0.29, 0.717) is 0 Å². The molecule has 0 radical (unpaired) electrons. The van der Waals surface area contributed by atoms with Crippen LogP contribution >= 0.6 is 0 Å². The highest BCUT2D eigenvalue weighted by Crippen LogP contribution is 2.12. The number of nitrogens with one attached hydrogen (secondary N) is 1. The van der Waals surface area contributed by atoms with Gasteiger partial charge in [-0.1, -0.05) is 0 Å². The Kier molecular flexibility index (Phi) is 2.49. The summed E-state index contributed by atoms with van der Waals surface area (Å²) in [5.74, 6) is 0. The summed E-state index contributed by atoms with van der Waals surface area (Å²) in [7, 11) is 1.96. The monoisotopic (exact) mass is 180 g/mol. The first kappa shape index (κ1) is 8.56. The molecular weight excluding hydrogens is 164 g/mol. The lowest BCUT2D eigenvalue weighted by Gasteiger charge is -2.19. The highest BCUT2D eigenvalue weighted by molar-refractivity contribution is 5.42. The lowest BCUT2D eigenvalue weighted by molar-refractivity contribution is 0.724. The van der Waals surface area contributed by atoms with Crippen molar-refractivity contribution in [1.82, 2.24) is 15.1 Å². The van der Waals surface area contributed by atoms with Crippen molar-refractivity contribution < 1.29 is 0 Å². The number of rotatable bonds is 1. The molecule has 0 atom stereocenters. The zero-order valence-electron chi connectivity index (χ0n) is 8.03. The molecule has 1 aromatic rings. The third-order valence-electron chi connectivity index (χ3n) is 2.40. The van der Waals surface area contributed by atoms with Crippen LogP contribution in [0.2, 0.25) is 0 Å². The van der Waals surface area contributed by atoms with Crippen LogP contribution in [-0.2, 0) is 7.05 Å². The molecule has 1 aliphatic rings. The molecule has 2 rings (SSSR count). The second-order valence-corrected chi connectivity index (χ2v) is 3.46. The molecule has 13 heavy (non-hydrogen) atoms. The summed E-state index contributed by atoms with van der Waals surface area (Å²) in [5.41, 5.74) is 1.24. The SMILES string of the molecule is Cn1cc(N2CCCNCC2)cn1. The van der Waals surface area contributed by atoms with Crippen molar-refractivity contribution in [3.63, 3.8) is 0 Å². The smallest absolute Gasteiger partial charge is 0.0752 e. The molecule has 1 aliphatic heterocycles. The number of aromatic nitrogens is 2. The average molecular weight is 180 g/mol. The molecule has 0 bridgehead atoms. The van der Waals surface area contributed by atoms with Crippen LogP contribution in [0.25, 0.3) is 0 Å². The first-order valence-corrected chi connectivity index (χ1v) is 4.80. The normalized spacial score (nSPS) is 18.7. The van der Waals surface area contributed by atoms with Gasteiger partial charge in [0.1, 0.15) is 0 Å². The van der Waals surface area contributed by atoms with Gasteiger partial charge in [-0.2, -0.15) is 5.10 Å². The number of anilines is 1. The van der Waals surface area contributed by atoms with Gasteiger partial charge < -0.3 is 10.2 Å². The molecule has 1 saturated heterocycles. The highest BCUT2D eigenvalue weighted by atomic mass is 15.3. The second kappa shape index (κ2) is 3.79. The van der Waals surface area contributed by atoms with Gasteiger partial charge >= 0.3 is 0 Å². The van der Waals surface area contributed by atoms with E-state index in [-0.39, 0.29) is 0 Å². The van der Waals surface area contributed by atoms with Crippen LogP contribution < -0.4 is 10.2 Å². The maximum Gasteiger partial charge on any atom is 0.0752 e. The van der Waals surface area contributed by atoms with Gasteiger partial charge in [0, 0.05) is 32.9 Å². The summed E-state index contributed by atoms with van der Waals surface area (Å²) in [6.45, 7) is 4.44. The lowest BCUT2D eigenvalue weighted by Crippen LogP contribution is -2.27. The van der Waals surface area contributed by atoms with E-state index < -0.39 is 0 Å². The van der Waals surface area contributed by atoms with Gasteiger partial charge in [-0.25, -0.2) is 0 Å². The van der Waals surface area contributed by atoms with Crippen LogP contribution in [0.1, 0.15) is 6.42 Å². The minimum atomic E-state index is 1.08. The summed E-state index contributed by atoms with van der Waals surface area (Å²) >= 11 is 0. The molecule has 4 heteroatoms. The molecule has 1 fully saturated rings. The van der Waals surface area contributed by atoms with Gasteiger partial charge in [0.2, 0.25) is 0 Å². The molecule has 0 unspecified atom stereocenters. The number of hydrogen-bond acceptors (Lipinski definition) is 3. The fourth-order valence-electron chi connectivity index (χ4n) is 1.68. The van der Waals surface area contributed by atoms with Crippen molar-refractivity contribution in [1.29, 1.82) is 0 Å². The zero-order valence-corrected chi connectivity index (χ0v) is 8.03. The van der Waals surface area contributed by atoms with Gasteiger partial charge in [0.25, 0.3) is 0 Å². The van der Waals surface area contributed by atoms with Gasteiger partial charge in [0.05, 0.1) is 11.9 Å². The highest BCUT2D eigenvalue weighted by Gasteiger charge is 2.09. The van der Waals surface area contributed by atoms with E-state index in [9.17, 15) is 0 Å². The Balaban J connectivity index is 2.06. The Morgan fingerprint density at radius 2 is 2.31 bits per heavy atom. The van der Waals surface area contributed by atoms with E-state index in [1.807, 2.05) is 17.9 Å². The minimum absolute atomic E-state index is 1.08. The van der Waals surface area contributed by atoms with Crippen molar-refractivity contribution in [3.05, 3.63) is 12.4 Å². The summed E-state index contributed by atoms with van der Waals surface area (Å²) in [5, 5.41) is 7.56. The second-order valence-electron chi connectivity index (χ2n) is 3.46. The molecule has 1 N–H and O–H groups in total. The van der Waals surface area contributed by atoms with Crippen molar-refractivity contribution in [2.75, 3.05) is 31.1 Å². The Morgan fingerprint density at radius 3 is 3.08 bits per heavy atom. The molecule has 0 aliphatic carbocycles. The zero-order chi connectivity index (χ0) is 9.10. The first-order valence-electron chi connectivity index (χ1n) is 4.80. The topological polar surface area (TPSA) is 33.1 Å². The van der Waals surface area contributed by atoms with Gasteiger partial charge in [-0.05, 0) is 13.0 Å². The molecule has 0 amide bonds. The summed E-state index contributed by atoms with van der Waals surface area (Å²) in [6.07, 6.45) is 5.23. The molecule has 4 nitrogen and oxygen atoms in total. The third kappa shape index (κ3) is 2.01. The van der Waals surface area contributed by atoms with Crippen LogP contribution in [0.3, 0.4) is 0 Å². The maximum atomic E-state index is 4.18. The molecule has 0 spiro atoms. The Bertz CT molecular complexity index is 260. The van der Waals surface area contributed by atoms with E-state index in [0.717, 1.165) is 26.2 Å². The number of hydrogen-bond donors (Lipinski definition) is 1. The predicted octanol–water partition coefficient (Wildman–Crippen LogP) is 0.220. The van der Waals surface area contributed by atoms with E-state index in [2.05, 4.69) is 21.5 Å². The Morgan fingerprint density at radius 1 is 1.38 bits per heavy atom. The molecule has 72 valence electrons. The fourth-order valence-corrected chi connectivity index (χ4v) is 1.68. The summed E-state index contributed by atoms with van der Waals surface area (Å²) < 4.78 is 1.85. The van der Waals surface area contributed by atoms with E-state index in [4.69, 9.17) is 0 Å². The predicted molar refractivity (Wildman–Crippen MR) is 52.9 cm³/mol. The quantitative estimate of drug-likeness (QED) is 0.671. The first-order chi connectivity index (χ1) is 6.36. The standard InChI is InChI=1S/C9H16N4/c1-12-8-9(7-11-12)13-5-2-3-10-4-6-13/h7-8,10H,2-6H2,1H3. The largest absolute Gasteiger partial charge is 0.368 e. The van der Waals surface area contributed by atoms with E-state index >= 15 is 0 Å². The number of aryl methyl sites for hydroxylation is 1. The lowest BCUT2D eigenvalue weighted by atomic mass is 10.3. The molecular formula is C9H16N4. The summed E-state index contributed by atoms with van der Waals surface area (Å²) in [6, 6.07) is 0. The minimum Gasteiger partial charge on any atom is -0.368 e. The maximum absolute atomic E-state index is 4.18. The average Bonchev–Trinajstić information content (AvgIpc) is 2.43. The molecule has 0 aromatic carbocycles. The third-order valence-corrected chi connectivity index (χ3v) is 2.40. The van der Waals surface area contributed by atoms with Crippen LogP contribution in [0.15, 0.2) is 12.4 Å². The molecule has 0 saturated carbocycles. The van der Waals surface area contributed by atoms with Crippen LogP contribution in [0, 0.1) is 0 Å². The van der Waals surface area contributed by atoms with Gasteiger partial charge in [0.15, 0.2) is 0 Å². The van der Waals surface area contributed by atoms with Crippen molar-refractivity contribution in [2.45, 2.75) is 6.42 Å².